The maximum absolute atomic E-state index is 12.2. The highest BCUT2D eigenvalue weighted by molar-refractivity contribution is 7.89. The van der Waals surface area contributed by atoms with Crippen LogP contribution in [0.15, 0.2) is 11.6 Å². The van der Waals surface area contributed by atoms with Crippen LogP contribution in [0.1, 0.15) is 11.4 Å². The van der Waals surface area contributed by atoms with E-state index in [1.54, 1.807) is 11.6 Å². The van der Waals surface area contributed by atoms with Crippen LogP contribution in [0, 0.1) is 11.8 Å². The fourth-order valence-corrected chi connectivity index (χ4v) is 3.69. The van der Waals surface area contributed by atoms with E-state index in [1.165, 1.54) is 11.3 Å². The summed E-state index contributed by atoms with van der Waals surface area (Å²) in [5.41, 5.74) is 0. The molecule has 1 aromatic heterocycles. The third kappa shape index (κ3) is 3.68. The first kappa shape index (κ1) is 12.8. The lowest BCUT2D eigenvalue weighted by Crippen LogP contribution is -2.27. The molecule has 1 aliphatic rings. The van der Waals surface area contributed by atoms with Crippen LogP contribution in [0.2, 0.25) is 0 Å². The molecule has 1 N–H and O–H groups in total. The Morgan fingerprint density at radius 2 is 2.35 bits per heavy atom. The molecular formula is C9H12F2N2O2S2. The lowest BCUT2D eigenvalue weighted by atomic mass is 10.4. The largest absolute Gasteiger partial charge is 0.248 e. The molecule has 1 fully saturated rings. The number of nitrogens with one attached hydrogen (secondary N) is 1. The second-order valence-corrected chi connectivity index (χ2v) is 6.85. The van der Waals surface area contributed by atoms with Crippen LogP contribution in [0.25, 0.3) is 0 Å². The highest BCUT2D eigenvalue weighted by Gasteiger charge is 2.46. The minimum atomic E-state index is -3.48. The average Bonchev–Trinajstić information content (AvgIpc) is 2.79. The number of sulfonamides is 1. The second-order valence-electron chi connectivity index (χ2n) is 4.02. The topological polar surface area (TPSA) is 59.1 Å². The number of hydrogen-bond acceptors (Lipinski definition) is 4. The Hall–Kier alpha value is -0.600. The van der Waals surface area contributed by atoms with Crippen LogP contribution in [0.4, 0.5) is 8.78 Å². The standard InChI is InChI=1S/C9H12F2N2O2S2/c10-9(11)7-3-6(7)5-17(14,15)13-4-8-12-1-2-16-8/h1-2,6-7,9,13H,3-5H2/t6-,7+/m0/s1. The van der Waals surface area contributed by atoms with Gasteiger partial charge in [0.1, 0.15) is 5.01 Å². The molecule has 0 radical (unpaired) electrons. The highest BCUT2D eigenvalue weighted by Crippen LogP contribution is 2.43. The zero-order valence-electron chi connectivity index (χ0n) is 8.84. The van der Waals surface area contributed by atoms with Gasteiger partial charge in [-0.3, -0.25) is 0 Å². The van der Waals surface area contributed by atoms with Gasteiger partial charge in [0.05, 0.1) is 12.3 Å². The van der Waals surface area contributed by atoms with E-state index in [0.717, 1.165) is 0 Å². The number of halogens is 2. The Balaban J connectivity index is 1.80. The van der Waals surface area contributed by atoms with E-state index in [1.807, 2.05) is 0 Å². The van der Waals surface area contributed by atoms with Crippen molar-refractivity contribution in [1.29, 1.82) is 0 Å². The van der Waals surface area contributed by atoms with E-state index in [-0.39, 0.29) is 12.3 Å². The SMILES string of the molecule is O=S(=O)(C[C@@H]1C[C@H]1C(F)F)NCc1nccs1. The van der Waals surface area contributed by atoms with E-state index in [0.29, 0.717) is 11.4 Å². The predicted molar refractivity (Wildman–Crippen MR) is 60.3 cm³/mol. The van der Waals surface area contributed by atoms with Crippen LogP contribution in [0.3, 0.4) is 0 Å². The Kier molecular flexibility index (Phi) is 3.74. The first-order chi connectivity index (χ1) is 7.98. The van der Waals surface area contributed by atoms with Gasteiger partial charge in [0.2, 0.25) is 16.4 Å². The van der Waals surface area contributed by atoms with Gasteiger partial charge in [-0.1, -0.05) is 0 Å². The Morgan fingerprint density at radius 1 is 1.59 bits per heavy atom. The third-order valence-electron chi connectivity index (χ3n) is 2.66. The molecule has 0 bridgehead atoms. The van der Waals surface area contributed by atoms with Gasteiger partial charge >= 0.3 is 0 Å². The molecule has 17 heavy (non-hydrogen) atoms. The summed E-state index contributed by atoms with van der Waals surface area (Å²) in [6.07, 6.45) is -0.521. The molecule has 0 spiro atoms. The summed E-state index contributed by atoms with van der Waals surface area (Å²) in [6.45, 7) is 0.131. The summed E-state index contributed by atoms with van der Waals surface area (Å²) in [5.74, 6) is -1.36. The number of aromatic nitrogens is 1. The van der Waals surface area contributed by atoms with E-state index < -0.39 is 28.3 Å². The number of alkyl halides is 2. The second kappa shape index (κ2) is 4.95. The minimum absolute atomic E-state index is 0.131. The van der Waals surface area contributed by atoms with Crippen molar-refractivity contribution in [2.75, 3.05) is 5.75 Å². The molecule has 1 heterocycles. The molecule has 0 saturated heterocycles. The molecule has 96 valence electrons. The van der Waals surface area contributed by atoms with Crippen molar-refractivity contribution in [3.63, 3.8) is 0 Å². The van der Waals surface area contributed by atoms with Crippen molar-refractivity contribution >= 4 is 21.4 Å². The molecule has 1 aliphatic carbocycles. The maximum Gasteiger partial charge on any atom is 0.241 e. The molecule has 0 unspecified atom stereocenters. The lowest BCUT2D eigenvalue weighted by Gasteiger charge is -2.04. The molecule has 2 rings (SSSR count). The number of hydrogen-bond donors (Lipinski definition) is 1. The molecule has 8 heteroatoms. The first-order valence-corrected chi connectivity index (χ1v) is 7.65. The predicted octanol–water partition coefficient (Wildman–Crippen LogP) is 1.46. The van der Waals surface area contributed by atoms with E-state index >= 15 is 0 Å². The van der Waals surface area contributed by atoms with Crippen molar-refractivity contribution in [2.24, 2.45) is 11.8 Å². The monoisotopic (exact) mass is 282 g/mol. The first-order valence-electron chi connectivity index (χ1n) is 5.12. The van der Waals surface area contributed by atoms with Crippen LogP contribution in [-0.4, -0.2) is 25.6 Å². The lowest BCUT2D eigenvalue weighted by molar-refractivity contribution is 0.117. The van der Waals surface area contributed by atoms with Gasteiger partial charge in [0.15, 0.2) is 0 Å². The van der Waals surface area contributed by atoms with Gasteiger partial charge in [0.25, 0.3) is 0 Å². The summed E-state index contributed by atoms with van der Waals surface area (Å²) in [5, 5.41) is 2.41. The van der Waals surface area contributed by atoms with Crippen molar-refractivity contribution in [1.82, 2.24) is 9.71 Å². The summed E-state index contributed by atoms with van der Waals surface area (Å²) < 4.78 is 50.0. The smallest absolute Gasteiger partial charge is 0.241 e. The van der Waals surface area contributed by atoms with Crippen molar-refractivity contribution < 1.29 is 17.2 Å². The summed E-state index contributed by atoms with van der Waals surface area (Å²) in [6, 6.07) is 0. The Labute approximate surface area is 102 Å². The molecule has 1 aromatic rings. The van der Waals surface area contributed by atoms with Gasteiger partial charge in [-0.15, -0.1) is 11.3 Å². The summed E-state index contributed by atoms with van der Waals surface area (Å²) >= 11 is 1.35. The van der Waals surface area contributed by atoms with Gasteiger partial charge in [0, 0.05) is 17.5 Å². The fourth-order valence-electron chi connectivity index (χ4n) is 1.62. The van der Waals surface area contributed by atoms with Gasteiger partial charge in [-0.2, -0.15) is 0 Å². The van der Waals surface area contributed by atoms with Crippen molar-refractivity contribution in [3.05, 3.63) is 16.6 Å². The van der Waals surface area contributed by atoms with Crippen LogP contribution < -0.4 is 4.72 Å². The average molecular weight is 282 g/mol. The maximum atomic E-state index is 12.2. The Bertz CT molecular complexity index is 461. The molecule has 2 atom stereocenters. The molecule has 0 aliphatic heterocycles. The highest BCUT2D eigenvalue weighted by atomic mass is 32.2. The quantitative estimate of drug-likeness (QED) is 0.859. The molecule has 4 nitrogen and oxygen atoms in total. The van der Waals surface area contributed by atoms with Crippen LogP contribution in [-0.2, 0) is 16.6 Å². The number of rotatable bonds is 6. The van der Waals surface area contributed by atoms with Crippen LogP contribution in [0.5, 0.6) is 0 Å². The Morgan fingerprint density at radius 3 is 2.88 bits per heavy atom. The van der Waals surface area contributed by atoms with E-state index in [4.69, 9.17) is 0 Å². The van der Waals surface area contributed by atoms with Gasteiger partial charge < -0.3 is 0 Å². The number of nitrogens with zero attached hydrogens (tertiary/aromatic N) is 1. The van der Waals surface area contributed by atoms with Crippen molar-refractivity contribution in [3.8, 4) is 0 Å². The molecule has 0 amide bonds. The third-order valence-corrected chi connectivity index (χ3v) is 4.89. The summed E-state index contributed by atoms with van der Waals surface area (Å²) in [4.78, 5) is 3.93. The van der Waals surface area contributed by atoms with E-state index in [2.05, 4.69) is 9.71 Å². The minimum Gasteiger partial charge on any atom is -0.248 e. The van der Waals surface area contributed by atoms with Gasteiger partial charge in [-0.05, 0) is 12.3 Å². The number of thiazole rings is 1. The van der Waals surface area contributed by atoms with Gasteiger partial charge in [-0.25, -0.2) is 26.9 Å². The molecule has 1 saturated carbocycles. The van der Waals surface area contributed by atoms with Crippen LogP contribution >= 0.6 is 11.3 Å². The fraction of sp³-hybridized carbons (Fsp3) is 0.667. The zero-order valence-corrected chi connectivity index (χ0v) is 10.5. The van der Waals surface area contributed by atoms with Crippen molar-refractivity contribution in [2.45, 2.75) is 19.4 Å². The normalized spacial score (nSPS) is 24.2. The zero-order chi connectivity index (χ0) is 12.5. The molecular weight excluding hydrogens is 270 g/mol. The van der Waals surface area contributed by atoms with E-state index in [9.17, 15) is 17.2 Å². The molecule has 0 aromatic carbocycles. The summed E-state index contributed by atoms with van der Waals surface area (Å²) in [7, 11) is -3.48.